The molecule has 116 valence electrons. The molecule has 0 bridgehead atoms. The van der Waals surface area contributed by atoms with Crippen LogP contribution in [0.15, 0.2) is 12.3 Å². The summed E-state index contributed by atoms with van der Waals surface area (Å²) in [6.07, 6.45) is -4.27. The minimum absolute atomic E-state index is 0.287. The number of hydrogen-bond acceptors (Lipinski definition) is 5. The van der Waals surface area contributed by atoms with E-state index in [1.54, 1.807) is 0 Å². The van der Waals surface area contributed by atoms with E-state index >= 15 is 0 Å². The molecule has 0 amide bonds. The lowest BCUT2D eigenvalue weighted by atomic mass is 9.94. The lowest BCUT2D eigenvalue weighted by Gasteiger charge is -2.20. The van der Waals surface area contributed by atoms with Crippen molar-refractivity contribution in [1.82, 2.24) is 4.98 Å². The van der Waals surface area contributed by atoms with Crippen molar-refractivity contribution >= 4 is 17.3 Å². The minimum atomic E-state index is -4.76. The molecular weight excluding hydrogens is 295 g/mol. The van der Waals surface area contributed by atoms with Crippen molar-refractivity contribution in [3.63, 3.8) is 0 Å². The molecule has 1 aromatic heterocycles. The van der Waals surface area contributed by atoms with E-state index in [1.807, 2.05) is 0 Å². The number of nitrogens with zero attached hydrogens (tertiary/aromatic N) is 2. The van der Waals surface area contributed by atoms with Crippen LogP contribution >= 0.6 is 0 Å². The highest BCUT2D eigenvalue weighted by Gasteiger charge is 2.35. The van der Waals surface area contributed by atoms with E-state index in [-0.39, 0.29) is 6.54 Å². The topological polar surface area (TPSA) is 105 Å². The maximum absolute atomic E-state index is 12.5. The molecule has 0 fully saturated rings. The van der Waals surface area contributed by atoms with Crippen LogP contribution in [0.5, 0.6) is 0 Å². The summed E-state index contributed by atoms with van der Waals surface area (Å²) < 4.78 is 37.6. The summed E-state index contributed by atoms with van der Waals surface area (Å²) in [7, 11) is 0. The van der Waals surface area contributed by atoms with E-state index in [4.69, 9.17) is 5.11 Å². The van der Waals surface area contributed by atoms with Gasteiger partial charge in [0.05, 0.1) is 10.3 Å². The van der Waals surface area contributed by atoms with E-state index in [9.17, 15) is 28.1 Å². The quantitative estimate of drug-likeness (QED) is 0.639. The fraction of sp³-hybridized carbons (Fsp3) is 0.455. The summed E-state index contributed by atoms with van der Waals surface area (Å²) >= 11 is 0. The van der Waals surface area contributed by atoms with Crippen LogP contribution in [0.25, 0.3) is 0 Å². The van der Waals surface area contributed by atoms with Gasteiger partial charge in [0, 0.05) is 6.54 Å². The SMILES string of the molecule is CC(C)(CNc1cc(C(F)(F)F)ncc1[N+](=O)[O-])C(=O)O. The van der Waals surface area contributed by atoms with E-state index in [1.165, 1.54) is 13.8 Å². The second kappa shape index (κ2) is 5.54. The number of carboxylic acids is 1. The number of hydrogen-bond donors (Lipinski definition) is 2. The second-order valence-corrected chi connectivity index (χ2v) is 4.88. The van der Waals surface area contributed by atoms with Gasteiger partial charge in [-0.25, -0.2) is 4.98 Å². The highest BCUT2D eigenvalue weighted by Crippen LogP contribution is 2.33. The number of halogens is 3. The molecule has 7 nitrogen and oxygen atoms in total. The molecule has 0 aliphatic carbocycles. The summed E-state index contributed by atoms with van der Waals surface area (Å²) in [5.74, 6) is -1.19. The normalized spacial score (nSPS) is 12.0. The van der Waals surface area contributed by atoms with Crippen LogP contribution in [0, 0.1) is 15.5 Å². The van der Waals surface area contributed by atoms with Gasteiger partial charge >= 0.3 is 17.8 Å². The molecule has 10 heteroatoms. The third-order valence-electron chi connectivity index (χ3n) is 2.67. The summed E-state index contributed by atoms with van der Waals surface area (Å²) in [5, 5.41) is 22.1. The van der Waals surface area contributed by atoms with Crippen molar-refractivity contribution in [2.75, 3.05) is 11.9 Å². The number of nitro groups is 1. The van der Waals surface area contributed by atoms with Crippen LogP contribution in [-0.2, 0) is 11.0 Å². The Labute approximate surface area is 116 Å². The Bertz CT molecular complexity index is 572. The molecule has 21 heavy (non-hydrogen) atoms. The largest absolute Gasteiger partial charge is 0.481 e. The number of pyridine rings is 1. The first-order chi connectivity index (χ1) is 9.45. The number of anilines is 1. The molecular formula is C11H12F3N3O4. The second-order valence-electron chi connectivity index (χ2n) is 4.88. The number of nitrogens with one attached hydrogen (secondary N) is 1. The van der Waals surface area contributed by atoms with E-state index in [0.717, 1.165) is 0 Å². The summed E-state index contributed by atoms with van der Waals surface area (Å²) in [4.78, 5) is 23.8. The van der Waals surface area contributed by atoms with Gasteiger partial charge in [-0.3, -0.25) is 14.9 Å². The molecule has 0 aliphatic rings. The molecule has 1 aromatic rings. The van der Waals surface area contributed by atoms with Crippen molar-refractivity contribution in [1.29, 1.82) is 0 Å². The Morgan fingerprint density at radius 3 is 2.48 bits per heavy atom. The van der Waals surface area contributed by atoms with E-state index < -0.39 is 39.6 Å². The third-order valence-corrected chi connectivity index (χ3v) is 2.67. The Kier molecular flexibility index (Phi) is 4.40. The minimum Gasteiger partial charge on any atom is -0.481 e. The summed E-state index contributed by atoms with van der Waals surface area (Å²) in [6, 6.07) is 0.482. The number of carbonyl (C=O) groups is 1. The first-order valence-electron chi connectivity index (χ1n) is 5.64. The molecule has 0 spiro atoms. The fourth-order valence-corrected chi connectivity index (χ4v) is 1.28. The fourth-order valence-electron chi connectivity index (χ4n) is 1.28. The molecule has 1 rings (SSSR count). The van der Waals surface area contributed by atoms with Crippen LogP contribution in [0.3, 0.4) is 0 Å². The van der Waals surface area contributed by atoms with Crippen LogP contribution in [0.4, 0.5) is 24.5 Å². The van der Waals surface area contributed by atoms with Gasteiger partial charge < -0.3 is 10.4 Å². The average Bonchev–Trinajstić information content (AvgIpc) is 2.34. The highest BCUT2D eigenvalue weighted by molar-refractivity contribution is 5.75. The van der Waals surface area contributed by atoms with Gasteiger partial charge in [-0.1, -0.05) is 0 Å². The zero-order chi connectivity index (χ0) is 16.4. The Morgan fingerprint density at radius 2 is 2.05 bits per heavy atom. The maximum atomic E-state index is 12.5. The smallest absolute Gasteiger partial charge is 0.433 e. The van der Waals surface area contributed by atoms with Gasteiger partial charge in [0.2, 0.25) is 0 Å². The number of alkyl halides is 3. The molecule has 0 aromatic carbocycles. The van der Waals surface area contributed by atoms with Gasteiger partial charge in [0.25, 0.3) is 0 Å². The lowest BCUT2D eigenvalue weighted by molar-refractivity contribution is -0.384. The highest BCUT2D eigenvalue weighted by atomic mass is 19.4. The first-order valence-corrected chi connectivity index (χ1v) is 5.64. The molecule has 0 saturated carbocycles. The monoisotopic (exact) mass is 307 g/mol. The van der Waals surface area contributed by atoms with Crippen molar-refractivity contribution in [3.8, 4) is 0 Å². The van der Waals surface area contributed by atoms with Crippen LogP contribution in [0.2, 0.25) is 0 Å². The van der Waals surface area contributed by atoms with E-state index in [0.29, 0.717) is 12.3 Å². The Balaban J connectivity index is 3.13. The van der Waals surface area contributed by atoms with Crippen molar-refractivity contribution in [2.45, 2.75) is 20.0 Å². The Hall–Kier alpha value is -2.39. The van der Waals surface area contributed by atoms with Crippen molar-refractivity contribution in [3.05, 3.63) is 28.1 Å². The van der Waals surface area contributed by atoms with Crippen LogP contribution < -0.4 is 5.32 Å². The van der Waals surface area contributed by atoms with Gasteiger partial charge in [-0.2, -0.15) is 13.2 Å². The average molecular weight is 307 g/mol. The standard InChI is InChI=1S/C11H12F3N3O4/c1-10(2,9(18)19)5-16-6-3-8(11(12,13)14)15-4-7(6)17(20)21/h3-4H,5H2,1-2H3,(H,15,16)(H,18,19). The number of rotatable bonds is 5. The third kappa shape index (κ3) is 4.04. The molecule has 0 radical (unpaired) electrons. The number of aliphatic carboxylic acids is 1. The predicted octanol–water partition coefficient (Wildman–Crippen LogP) is 2.53. The van der Waals surface area contributed by atoms with E-state index in [2.05, 4.69) is 10.3 Å². The lowest BCUT2D eigenvalue weighted by Crippen LogP contribution is -2.32. The number of carboxylic acid groups (broad SMARTS) is 1. The molecule has 2 N–H and O–H groups in total. The molecule has 0 unspecified atom stereocenters. The Morgan fingerprint density at radius 1 is 1.48 bits per heavy atom. The van der Waals surface area contributed by atoms with Gasteiger partial charge in [0.1, 0.15) is 17.6 Å². The van der Waals surface area contributed by atoms with Crippen molar-refractivity contribution < 1.29 is 28.0 Å². The zero-order valence-electron chi connectivity index (χ0n) is 11.1. The first kappa shape index (κ1) is 16.7. The van der Waals surface area contributed by atoms with Crippen LogP contribution in [0.1, 0.15) is 19.5 Å². The number of aromatic nitrogens is 1. The van der Waals surface area contributed by atoms with Gasteiger partial charge in [-0.05, 0) is 19.9 Å². The molecule has 1 heterocycles. The van der Waals surface area contributed by atoms with Gasteiger partial charge in [0.15, 0.2) is 0 Å². The maximum Gasteiger partial charge on any atom is 0.433 e. The van der Waals surface area contributed by atoms with Crippen molar-refractivity contribution in [2.24, 2.45) is 5.41 Å². The van der Waals surface area contributed by atoms with Crippen LogP contribution in [-0.4, -0.2) is 27.5 Å². The summed E-state index contributed by atoms with van der Waals surface area (Å²) in [5.41, 5.74) is -3.71. The zero-order valence-corrected chi connectivity index (χ0v) is 11.1. The predicted molar refractivity (Wildman–Crippen MR) is 65.8 cm³/mol. The molecule has 0 atom stereocenters. The molecule has 0 aliphatic heterocycles. The van der Waals surface area contributed by atoms with Gasteiger partial charge in [-0.15, -0.1) is 0 Å². The molecule has 0 saturated heterocycles. The summed E-state index contributed by atoms with van der Waals surface area (Å²) in [6.45, 7) is 2.38.